The third kappa shape index (κ3) is 9.65. The molecular weight excluding hydrogens is 452 g/mol. The number of alkyl halides is 3. The van der Waals surface area contributed by atoms with Crippen LogP contribution in [-0.2, 0) is 12.6 Å². The summed E-state index contributed by atoms with van der Waals surface area (Å²) in [5, 5.41) is 4.54. The van der Waals surface area contributed by atoms with Gasteiger partial charge in [0.05, 0.1) is 5.01 Å². The summed E-state index contributed by atoms with van der Waals surface area (Å²) >= 11 is 0.994. The van der Waals surface area contributed by atoms with Crippen molar-refractivity contribution in [2.24, 2.45) is 16.6 Å². The number of aromatic nitrogens is 1. The Morgan fingerprint density at radius 1 is 1.33 bits per heavy atom. The van der Waals surface area contributed by atoms with Gasteiger partial charge in [-0.05, 0) is 19.3 Å². The SMILES string of the molecule is CC(C)CCCC(C)NC(N)=NCCc1nc(C(F)(F)F)cs1.I. The molecule has 24 heavy (non-hydrogen) atoms. The molecule has 1 aromatic heterocycles. The molecule has 0 amide bonds. The normalized spacial score (nSPS) is 13.7. The monoisotopic (exact) mass is 478 g/mol. The molecule has 0 aliphatic rings. The molecule has 0 aliphatic heterocycles. The van der Waals surface area contributed by atoms with Crippen molar-refractivity contribution in [2.45, 2.75) is 58.7 Å². The average Bonchev–Trinajstić information content (AvgIpc) is 2.86. The van der Waals surface area contributed by atoms with E-state index in [-0.39, 0.29) is 30.0 Å². The lowest BCUT2D eigenvalue weighted by molar-refractivity contribution is -0.140. The maximum atomic E-state index is 12.4. The summed E-state index contributed by atoms with van der Waals surface area (Å²) in [6.07, 6.45) is -0.724. The zero-order chi connectivity index (χ0) is 17.5. The summed E-state index contributed by atoms with van der Waals surface area (Å²) in [5.74, 6) is 1.02. The van der Waals surface area contributed by atoms with E-state index in [9.17, 15) is 13.2 Å². The molecule has 1 aromatic rings. The summed E-state index contributed by atoms with van der Waals surface area (Å²) in [5.41, 5.74) is 4.95. The van der Waals surface area contributed by atoms with Gasteiger partial charge >= 0.3 is 6.18 Å². The Morgan fingerprint density at radius 3 is 2.54 bits per heavy atom. The second-order valence-corrected chi connectivity index (χ2v) is 6.95. The fourth-order valence-electron chi connectivity index (χ4n) is 2.03. The van der Waals surface area contributed by atoms with E-state index in [1.807, 2.05) is 6.92 Å². The molecule has 3 N–H and O–H groups in total. The molecular formula is C15H26F3IN4S. The van der Waals surface area contributed by atoms with Crippen molar-refractivity contribution in [3.8, 4) is 0 Å². The number of thiazole rings is 1. The molecule has 0 radical (unpaired) electrons. The topological polar surface area (TPSA) is 63.3 Å². The molecule has 0 saturated carbocycles. The van der Waals surface area contributed by atoms with Crippen LogP contribution >= 0.6 is 35.3 Å². The van der Waals surface area contributed by atoms with Crippen LogP contribution < -0.4 is 11.1 Å². The molecule has 0 saturated heterocycles. The largest absolute Gasteiger partial charge is 0.434 e. The van der Waals surface area contributed by atoms with Gasteiger partial charge in [-0.3, -0.25) is 4.99 Å². The van der Waals surface area contributed by atoms with Gasteiger partial charge in [0.15, 0.2) is 11.7 Å². The van der Waals surface area contributed by atoms with Gasteiger partial charge in [-0.2, -0.15) is 13.2 Å². The molecule has 0 bridgehead atoms. The zero-order valence-corrected chi connectivity index (χ0v) is 17.3. The summed E-state index contributed by atoms with van der Waals surface area (Å²) in [6.45, 7) is 6.74. The standard InChI is InChI=1S/C15H25F3N4S.HI/c1-10(2)5-4-6-11(3)21-14(19)20-8-7-13-22-12(9-23-13)15(16,17)18;/h9-11H,4-8H2,1-3H3,(H3,19,20,21);1H. The van der Waals surface area contributed by atoms with Gasteiger partial charge in [0.2, 0.25) is 0 Å². The third-order valence-electron chi connectivity index (χ3n) is 3.26. The summed E-state index contributed by atoms with van der Waals surface area (Å²) < 4.78 is 37.3. The fraction of sp³-hybridized carbons (Fsp3) is 0.733. The van der Waals surface area contributed by atoms with Crippen LogP contribution in [0, 0.1) is 5.92 Å². The number of guanidine groups is 1. The van der Waals surface area contributed by atoms with Gasteiger partial charge in [0.1, 0.15) is 0 Å². The van der Waals surface area contributed by atoms with E-state index in [2.05, 4.69) is 29.1 Å². The summed E-state index contributed by atoms with van der Waals surface area (Å²) in [4.78, 5) is 7.70. The molecule has 1 rings (SSSR count). The fourth-order valence-corrected chi connectivity index (χ4v) is 2.82. The first kappa shape index (κ1) is 23.4. The van der Waals surface area contributed by atoms with Crippen LogP contribution in [0.15, 0.2) is 10.4 Å². The maximum Gasteiger partial charge on any atom is 0.434 e. The number of nitrogens with zero attached hydrogens (tertiary/aromatic N) is 2. The molecule has 1 heterocycles. The predicted octanol–water partition coefficient (Wildman–Crippen LogP) is 4.44. The second kappa shape index (κ2) is 11.1. The number of nitrogens with one attached hydrogen (secondary N) is 1. The van der Waals surface area contributed by atoms with Crippen LogP contribution in [0.3, 0.4) is 0 Å². The minimum atomic E-state index is -4.38. The highest BCUT2D eigenvalue weighted by Gasteiger charge is 2.33. The predicted molar refractivity (Wildman–Crippen MR) is 104 cm³/mol. The van der Waals surface area contributed by atoms with Gasteiger partial charge < -0.3 is 11.1 Å². The Bertz CT molecular complexity index is 503. The number of nitrogens with two attached hydrogens (primary N) is 1. The first-order valence-electron chi connectivity index (χ1n) is 7.76. The minimum absolute atomic E-state index is 0. The Morgan fingerprint density at radius 2 is 2.00 bits per heavy atom. The van der Waals surface area contributed by atoms with Crippen LogP contribution in [-0.4, -0.2) is 23.5 Å². The molecule has 0 aliphatic carbocycles. The molecule has 0 fully saturated rings. The van der Waals surface area contributed by atoms with Crippen molar-refractivity contribution < 1.29 is 13.2 Å². The Hall–Kier alpha value is -0.580. The van der Waals surface area contributed by atoms with Crippen molar-refractivity contribution >= 4 is 41.3 Å². The molecule has 9 heteroatoms. The van der Waals surface area contributed by atoms with Gasteiger partial charge in [0, 0.05) is 24.4 Å². The smallest absolute Gasteiger partial charge is 0.370 e. The Balaban J connectivity index is 0.00000529. The van der Waals surface area contributed by atoms with Crippen molar-refractivity contribution in [1.29, 1.82) is 0 Å². The quantitative estimate of drug-likeness (QED) is 0.330. The van der Waals surface area contributed by atoms with Crippen LogP contribution in [0.2, 0.25) is 0 Å². The van der Waals surface area contributed by atoms with Crippen molar-refractivity contribution in [2.75, 3.05) is 6.54 Å². The molecule has 0 aromatic carbocycles. The molecule has 0 spiro atoms. The average molecular weight is 478 g/mol. The highest BCUT2D eigenvalue weighted by Crippen LogP contribution is 2.30. The number of rotatable bonds is 8. The summed E-state index contributed by atoms with van der Waals surface area (Å²) in [6, 6.07) is 0.231. The third-order valence-corrected chi connectivity index (χ3v) is 4.17. The van der Waals surface area contributed by atoms with Gasteiger partial charge in [-0.25, -0.2) is 4.98 Å². The van der Waals surface area contributed by atoms with E-state index in [0.717, 1.165) is 29.6 Å². The lowest BCUT2D eigenvalue weighted by Gasteiger charge is -2.14. The summed E-state index contributed by atoms with van der Waals surface area (Å²) in [7, 11) is 0. The van der Waals surface area contributed by atoms with E-state index >= 15 is 0 Å². The highest BCUT2D eigenvalue weighted by molar-refractivity contribution is 14.0. The first-order chi connectivity index (χ1) is 10.7. The maximum absolute atomic E-state index is 12.4. The molecule has 4 nitrogen and oxygen atoms in total. The van der Waals surface area contributed by atoms with E-state index in [4.69, 9.17) is 5.73 Å². The van der Waals surface area contributed by atoms with Crippen LogP contribution in [0.4, 0.5) is 13.2 Å². The Labute approximate surface area is 162 Å². The Kier molecular flexibility index (Phi) is 10.8. The molecule has 140 valence electrons. The van der Waals surface area contributed by atoms with Crippen molar-refractivity contribution in [3.05, 3.63) is 16.1 Å². The van der Waals surface area contributed by atoms with Gasteiger partial charge in [-0.1, -0.05) is 26.7 Å². The lowest BCUT2D eigenvalue weighted by Crippen LogP contribution is -2.38. The minimum Gasteiger partial charge on any atom is -0.370 e. The van der Waals surface area contributed by atoms with Crippen LogP contribution in [0.25, 0.3) is 0 Å². The van der Waals surface area contributed by atoms with Crippen LogP contribution in [0.1, 0.15) is 50.7 Å². The van der Waals surface area contributed by atoms with E-state index in [0.29, 0.717) is 29.9 Å². The number of aliphatic imine (C=N–C) groups is 1. The highest BCUT2D eigenvalue weighted by atomic mass is 127. The lowest BCUT2D eigenvalue weighted by atomic mass is 10.0. The second-order valence-electron chi connectivity index (χ2n) is 6.01. The number of halogens is 4. The van der Waals surface area contributed by atoms with Crippen molar-refractivity contribution in [3.63, 3.8) is 0 Å². The zero-order valence-electron chi connectivity index (χ0n) is 14.2. The number of hydrogen-bond donors (Lipinski definition) is 2. The van der Waals surface area contributed by atoms with Gasteiger partial charge in [0.25, 0.3) is 0 Å². The molecule has 1 unspecified atom stereocenters. The van der Waals surface area contributed by atoms with Crippen LogP contribution in [0.5, 0.6) is 0 Å². The van der Waals surface area contributed by atoms with E-state index in [1.165, 1.54) is 6.42 Å². The van der Waals surface area contributed by atoms with Gasteiger partial charge in [-0.15, -0.1) is 35.3 Å². The number of hydrogen-bond acceptors (Lipinski definition) is 3. The first-order valence-corrected chi connectivity index (χ1v) is 8.64. The molecule has 1 atom stereocenters. The van der Waals surface area contributed by atoms with E-state index in [1.54, 1.807) is 0 Å². The van der Waals surface area contributed by atoms with E-state index < -0.39 is 11.9 Å². The van der Waals surface area contributed by atoms with Crippen molar-refractivity contribution in [1.82, 2.24) is 10.3 Å².